The average Bonchev–Trinajstić information content (AvgIpc) is 2.48. The molecule has 0 unspecified atom stereocenters. The maximum Gasteiger partial charge on any atom is 0.416 e. The molecular weight excluding hydrogens is 317 g/mol. The van der Waals surface area contributed by atoms with E-state index in [0.29, 0.717) is 5.56 Å². The monoisotopic (exact) mass is 336 g/mol. The molecule has 1 heterocycles. The minimum absolute atomic E-state index is 0. The van der Waals surface area contributed by atoms with Crippen molar-refractivity contribution < 1.29 is 17.9 Å². The van der Waals surface area contributed by atoms with Gasteiger partial charge in [0.2, 0.25) is 0 Å². The molecule has 0 spiro atoms. The molecule has 1 aromatic rings. The fourth-order valence-electron chi connectivity index (χ4n) is 2.56. The Bertz CT molecular complexity index is 502. The van der Waals surface area contributed by atoms with Crippen LogP contribution in [0.5, 0.6) is 5.75 Å². The summed E-state index contributed by atoms with van der Waals surface area (Å²) in [5, 5.41) is 3.25. The molecule has 1 N–H and O–H groups in total. The Hall–Kier alpha value is -1.24. The van der Waals surface area contributed by atoms with E-state index in [2.05, 4.69) is 16.8 Å². The van der Waals surface area contributed by atoms with Gasteiger partial charge in [0.15, 0.2) is 0 Å². The molecule has 1 aromatic carbocycles. The molecule has 0 aromatic heterocycles. The lowest BCUT2D eigenvalue weighted by atomic mass is 10.0. The van der Waals surface area contributed by atoms with Crippen molar-refractivity contribution in [1.82, 2.24) is 10.2 Å². The average molecular weight is 337 g/mol. The quantitative estimate of drug-likeness (QED) is 0.854. The van der Waals surface area contributed by atoms with Crippen LogP contribution in [0, 0.1) is 0 Å². The van der Waals surface area contributed by atoms with Gasteiger partial charge in [0.1, 0.15) is 5.75 Å². The number of piperazine rings is 1. The van der Waals surface area contributed by atoms with Crippen LogP contribution in [0.4, 0.5) is 13.2 Å². The predicted octanol–water partition coefficient (Wildman–Crippen LogP) is 3.27. The number of rotatable bonds is 4. The molecule has 1 fully saturated rings. The highest BCUT2D eigenvalue weighted by Crippen LogP contribution is 2.36. The summed E-state index contributed by atoms with van der Waals surface area (Å²) in [4.78, 5) is 2.18. The van der Waals surface area contributed by atoms with Gasteiger partial charge in [-0.2, -0.15) is 13.2 Å². The van der Waals surface area contributed by atoms with E-state index in [1.807, 2.05) is 0 Å². The molecule has 2 rings (SSSR count). The largest absolute Gasteiger partial charge is 0.496 e. The van der Waals surface area contributed by atoms with Gasteiger partial charge in [-0.1, -0.05) is 12.1 Å². The van der Waals surface area contributed by atoms with Crippen LogP contribution in [0.3, 0.4) is 0 Å². The summed E-state index contributed by atoms with van der Waals surface area (Å²) in [6.45, 7) is 7.17. The normalized spacial score (nSPS) is 17.5. The van der Waals surface area contributed by atoms with Gasteiger partial charge >= 0.3 is 6.18 Å². The van der Waals surface area contributed by atoms with E-state index in [0.717, 1.165) is 38.3 Å². The topological polar surface area (TPSA) is 24.5 Å². The number of alkyl halides is 3. The first-order valence-electron chi connectivity index (χ1n) is 6.80. The lowest BCUT2D eigenvalue weighted by molar-refractivity contribution is -0.137. The van der Waals surface area contributed by atoms with E-state index in [-0.39, 0.29) is 24.2 Å². The Kier molecular flexibility index (Phi) is 6.71. The van der Waals surface area contributed by atoms with Crippen molar-refractivity contribution in [2.24, 2.45) is 0 Å². The minimum atomic E-state index is -4.37. The molecule has 0 bridgehead atoms. The van der Waals surface area contributed by atoms with Crippen molar-refractivity contribution in [2.75, 3.05) is 33.3 Å². The van der Waals surface area contributed by atoms with Gasteiger partial charge in [-0.25, -0.2) is 0 Å². The Morgan fingerprint density at radius 2 is 1.95 bits per heavy atom. The highest BCUT2D eigenvalue weighted by Gasteiger charge is 2.32. The summed E-state index contributed by atoms with van der Waals surface area (Å²) < 4.78 is 43.5. The number of halogens is 4. The van der Waals surface area contributed by atoms with Crippen molar-refractivity contribution in [3.8, 4) is 5.75 Å². The van der Waals surface area contributed by atoms with Crippen molar-refractivity contribution in [2.45, 2.75) is 12.2 Å². The van der Waals surface area contributed by atoms with Gasteiger partial charge in [-0.3, -0.25) is 4.90 Å². The third kappa shape index (κ3) is 4.15. The number of nitrogens with one attached hydrogen (secondary N) is 1. The van der Waals surface area contributed by atoms with E-state index < -0.39 is 11.7 Å². The van der Waals surface area contributed by atoms with Crippen molar-refractivity contribution in [3.05, 3.63) is 42.0 Å². The van der Waals surface area contributed by atoms with Crippen LogP contribution in [0.2, 0.25) is 0 Å². The molecule has 7 heteroatoms. The smallest absolute Gasteiger partial charge is 0.416 e. The predicted molar refractivity (Wildman–Crippen MR) is 82.6 cm³/mol. The Morgan fingerprint density at radius 1 is 1.32 bits per heavy atom. The molecule has 1 aliphatic heterocycles. The molecule has 0 aliphatic carbocycles. The first-order valence-corrected chi connectivity index (χ1v) is 6.80. The molecule has 1 atom stereocenters. The van der Waals surface area contributed by atoms with Crippen LogP contribution in [-0.2, 0) is 6.18 Å². The van der Waals surface area contributed by atoms with Crippen LogP contribution in [0.15, 0.2) is 30.9 Å². The second kappa shape index (κ2) is 7.85. The van der Waals surface area contributed by atoms with Gasteiger partial charge in [0.05, 0.1) is 18.7 Å². The van der Waals surface area contributed by atoms with E-state index >= 15 is 0 Å². The molecule has 1 aliphatic rings. The second-order valence-corrected chi connectivity index (χ2v) is 4.92. The summed E-state index contributed by atoms with van der Waals surface area (Å²) in [6.07, 6.45) is -2.62. The van der Waals surface area contributed by atoms with Crippen molar-refractivity contribution in [1.29, 1.82) is 0 Å². The van der Waals surface area contributed by atoms with E-state index in [1.54, 1.807) is 6.08 Å². The highest BCUT2D eigenvalue weighted by atomic mass is 35.5. The Morgan fingerprint density at radius 3 is 2.45 bits per heavy atom. The SMILES string of the molecule is C=C[C@@H](c1ccc(C(F)(F)F)cc1OC)N1CCNCC1.Cl. The fourth-order valence-corrected chi connectivity index (χ4v) is 2.56. The standard InChI is InChI=1S/C15H19F3N2O.ClH/c1-3-13(20-8-6-19-7-9-20)12-5-4-11(15(16,17)18)10-14(12)21-2;/h3-5,10,13,19H,1,6-9H2,2H3;1H/t13-;/m0./s1. The van der Waals surface area contributed by atoms with Crippen molar-refractivity contribution >= 4 is 12.4 Å². The first-order chi connectivity index (χ1) is 9.97. The van der Waals surface area contributed by atoms with E-state index in [4.69, 9.17) is 4.74 Å². The Labute approximate surface area is 134 Å². The summed E-state index contributed by atoms with van der Waals surface area (Å²) in [5.74, 6) is 0.244. The van der Waals surface area contributed by atoms with Gasteiger partial charge < -0.3 is 10.1 Å². The summed E-state index contributed by atoms with van der Waals surface area (Å²) in [6, 6.07) is 3.48. The zero-order valence-corrected chi connectivity index (χ0v) is 13.1. The maximum absolute atomic E-state index is 12.8. The molecule has 0 radical (unpaired) electrons. The van der Waals surface area contributed by atoms with Gasteiger partial charge in [0, 0.05) is 31.7 Å². The fraction of sp³-hybridized carbons (Fsp3) is 0.467. The third-order valence-corrected chi connectivity index (χ3v) is 3.65. The lowest BCUT2D eigenvalue weighted by Crippen LogP contribution is -2.44. The van der Waals surface area contributed by atoms with Crippen LogP contribution in [0.25, 0.3) is 0 Å². The Balaban J connectivity index is 0.00000242. The van der Waals surface area contributed by atoms with Crippen LogP contribution in [0.1, 0.15) is 17.2 Å². The summed E-state index contributed by atoms with van der Waals surface area (Å²) >= 11 is 0. The summed E-state index contributed by atoms with van der Waals surface area (Å²) in [7, 11) is 1.39. The molecule has 0 saturated carbocycles. The molecule has 22 heavy (non-hydrogen) atoms. The number of methoxy groups -OCH3 is 1. The van der Waals surface area contributed by atoms with Crippen molar-refractivity contribution in [3.63, 3.8) is 0 Å². The maximum atomic E-state index is 12.8. The third-order valence-electron chi connectivity index (χ3n) is 3.65. The molecule has 124 valence electrons. The molecule has 3 nitrogen and oxygen atoms in total. The number of nitrogens with zero attached hydrogens (tertiary/aromatic N) is 1. The molecule has 1 saturated heterocycles. The van der Waals surface area contributed by atoms with Gasteiger partial charge in [-0.15, -0.1) is 19.0 Å². The zero-order valence-electron chi connectivity index (χ0n) is 12.3. The van der Waals surface area contributed by atoms with Crippen LogP contribution in [-0.4, -0.2) is 38.2 Å². The first kappa shape index (κ1) is 18.8. The van der Waals surface area contributed by atoms with E-state index in [1.165, 1.54) is 13.2 Å². The molecule has 0 amide bonds. The van der Waals surface area contributed by atoms with Gasteiger partial charge in [0.25, 0.3) is 0 Å². The van der Waals surface area contributed by atoms with Gasteiger partial charge in [-0.05, 0) is 12.1 Å². The minimum Gasteiger partial charge on any atom is -0.496 e. The zero-order chi connectivity index (χ0) is 15.5. The highest BCUT2D eigenvalue weighted by molar-refractivity contribution is 5.85. The second-order valence-electron chi connectivity index (χ2n) is 4.92. The lowest BCUT2D eigenvalue weighted by Gasteiger charge is -2.34. The summed E-state index contributed by atoms with van der Waals surface area (Å²) in [5.41, 5.74) is 0.00798. The van der Waals surface area contributed by atoms with Crippen LogP contribution >= 0.6 is 12.4 Å². The number of hydrogen-bond acceptors (Lipinski definition) is 3. The number of hydrogen-bond donors (Lipinski definition) is 1. The number of benzene rings is 1. The number of ether oxygens (including phenoxy) is 1. The van der Waals surface area contributed by atoms with E-state index in [9.17, 15) is 13.2 Å². The van der Waals surface area contributed by atoms with Crippen LogP contribution < -0.4 is 10.1 Å². The molecular formula is C15H20ClF3N2O.